The Labute approximate surface area is 79.8 Å². The molecule has 0 aliphatic carbocycles. The van der Waals surface area contributed by atoms with Crippen molar-refractivity contribution in [3.8, 4) is 0 Å². The molecule has 2 N–H and O–H groups in total. The van der Waals surface area contributed by atoms with Gasteiger partial charge in [0.2, 0.25) is 0 Å². The minimum absolute atomic E-state index is 0.148. The summed E-state index contributed by atoms with van der Waals surface area (Å²) in [6.07, 6.45) is 6.21. The van der Waals surface area contributed by atoms with E-state index in [4.69, 9.17) is 9.84 Å². The van der Waals surface area contributed by atoms with Crippen LogP contribution >= 0.6 is 0 Å². The number of allylic oxidation sites excluding steroid dienone is 1. The van der Waals surface area contributed by atoms with Gasteiger partial charge >= 0.3 is 0 Å². The van der Waals surface area contributed by atoms with E-state index in [1.807, 2.05) is 19.9 Å². The fourth-order valence-corrected chi connectivity index (χ4v) is 1.18. The first-order chi connectivity index (χ1) is 6.14. The molecule has 1 atom stereocenters. The van der Waals surface area contributed by atoms with Crippen molar-refractivity contribution >= 4 is 0 Å². The molecule has 0 spiro atoms. The van der Waals surface area contributed by atoms with Gasteiger partial charge in [-0.2, -0.15) is 0 Å². The van der Waals surface area contributed by atoms with E-state index in [1.54, 1.807) is 6.26 Å². The van der Waals surface area contributed by atoms with Crippen LogP contribution in [0.4, 0.5) is 0 Å². The van der Waals surface area contributed by atoms with E-state index in [0.717, 1.165) is 19.4 Å². The van der Waals surface area contributed by atoms with Crippen LogP contribution in [0.5, 0.6) is 0 Å². The summed E-state index contributed by atoms with van der Waals surface area (Å²) in [6, 6.07) is 0. The molecule has 0 aromatic heterocycles. The summed E-state index contributed by atoms with van der Waals surface area (Å²) >= 11 is 0. The molecule has 0 fully saturated rings. The molecule has 0 radical (unpaired) electrons. The summed E-state index contributed by atoms with van der Waals surface area (Å²) in [6.45, 7) is 4.91. The van der Waals surface area contributed by atoms with Gasteiger partial charge in [-0.3, -0.25) is 0 Å². The molecule has 0 saturated carbocycles. The van der Waals surface area contributed by atoms with Gasteiger partial charge in [0.15, 0.2) is 0 Å². The van der Waals surface area contributed by atoms with Crippen molar-refractivity contribution in [3.05, 3.63) is 12.3 Å². The zero-order valence-corrected chi connectivity index (χ0v) is 8.42. The second kappa shape index (κ2) is 4.63. The number of hydrogen-bond donors (Lipinski definition) is 2. The summed E-state index contributed by atoms with van der Waals surface area (Å²) in [5.74, 6) is 0. The lowest BCUT2D eigenvalue weighted by atomic mass is 10.1. The Balaban J connectivity index is 2.22. The highest BCUT2D eigenvalue weighted by Crippen LogP contribution is 2.10. The average Bonchev–Trinajstić information content (AvgIpc) is 2.17. The van der Waals surface area contributed by atoms with Crippen molar-refractivity contribution in [2.45, 2.75) is 38.3 Å². The number of rotatable bonds is 4. The molecule has 0 saturated heterocycles. The third kappa shape index (κ3) is 3.79. The molecule has 13 heavy (non-hydrogen) atoms. The third-order valence-electron chi connectivity index (χ3n) is 2.23. The van der Waals surface area contributed by atoms with Crippen LogP contribution in [0, 0.1) is 0 Å². The molecule has 76 valence electrons. The molecular formula is C10H19NO2. The maximum atomic E-state index is 9.01. The van der Waals surface area contributed by atoms with Crippen LogP contribution in [0.15, 0.2) is 12.3 Å². The van der Waals surface area contributed by atoms with E-state index in [0.29, 0.717) is 0 Å². The van der Waals surface area contributed by atoms with Crippen LogP contribution in [0.2, 0.25) is 0 Å². The number of aliphatic hydroxyl groups excluding tert-OH is 1. The summed E-state index contributed by atoms with van der Waals surface area (Å²) in [4.78, 5) is 0. The molecule has 0 amide bonds. The zero-order valence-electron chi connectivity index (χ0n) is 8.42. The lowest BCUT2D eigenvalue weighted by molar-refractivity contribution is 0.103. The number of hydrogen-bond acceptors (Lipinski definition) is 3. The highest BCUT2D eigenvalue weighted by atomic mass is 16.5. The lowest BCUT2D eigenvalue weighted by Crippen LogP contribution is -2.46. The van der Waals surface area contributed by atoms with Gasteiger partial charge in [0.1, 0.15) is 6.10 Å². The highest BCUT2D eigenvalue weighted by molar-refractivity contribution is 4.85. The van der Waals surface area contributed by atoms with Crippen LogP contribution in [0.3, 0.4) is 0 Å². The van der Waals surface area contributed by atoms with Gasteiger partial charge in [0.05, 0.1) is 12.9 Å². The molecule has 1 aliphatic heterocycles. The summed E-state index contributed by atoms with van der Waals surface area (Å²) in [7, 11) is 0. The van der Waals surface area contributed by atoms with Gasteiger partial charge in [-0.25, -0.2) is 0 Å². The standard InChI is InChI=1S/C10H19NO2/c1-10(2,8-12)11-7-9-5-3-4-6-13-9/h4,6,9,11-12H,3,5,7-8H2,1-2H3. The first-order valence-electron chi connectivity index (χ1n) is 4.80. The van der Waals surface area contributed by atoms with Gasteiger partial charge in [-0.15, -0.1) is 0 Å². The maximum absolute atomic E-state index is 9.01. The molecule has 1 aliphatic rings. The smallest absolute Gasteiger partial charge is 0.110 e. The SMILES string of the molecule is CC(C)(CO)NCC1CCC=CO1. The van der Waals surface area contributed by atoms with E-state index in [2.05, 4.69) is 5.32 Å². The fraction of sp³-hybridized carbons (Fsp3) is 0.800. The number of ether oxygens (including phenoxy) is 1. The van der Waals surface area contributed by atoms with Crippen LogP contribution < -0.4 is 5.32 Å². The second-order valence-corrected chi connectivity index (χ2v) is 4.13. The van der Waals surface area contributed by atoms with Gasteiger partial charge in [-0.1, -0.05) is 0 Å². The van der Waals surface area contributed by atoms with Gasteiger partial charge in [0.25, 0.3) is 0 Å². The van der Waals surface area contributed by atoms with E-state index < -0.39 is 0 Å². The fourth-order valence-electron chi connectivity index (χ4n) is 1.18. The summed E-state index contributed by atoms with van der Waals surface area (Å²) < 4.78 is 5.39. The van der Waals surface area contributed by atoms with Crippen molar-refractivity contribution in [2.75, 3.05) is 13.2 Å². The molecule has 1 heterocycles. The average molecular weight is 185 g/mol. The molecule has 1 rings (SSSR count). The Morgan fingerprint density at radius 2 is 2.38 bits per heavy atom. The molecule has 3 heteroatoms. The van der Waals surface area contributed by atoms with E-state index in [-0.39, 0.29) is 18.2 Å². The van der Waals surface area contributed by atoms with E-state index in [9.17, 15) is 0 Å². The Kier molecular flexibility index (Phi) is 3.75. The highest BCUT2D eigenvalue weighted by Gasteiger charge is 2.18. The van der Waals surface area contributed by atoms with Crippen LogP contribution in [0.1, 0.15) is 26.7 Å². The maximum Gasteiger partial charge on any atom is 0.110 e. The van der Waals surface area contributed by atoms with Crippen LogP contribution in [0.25, 0.3) is 0 Å². The van der Waals surface area contributed by atoms with Gasteiger partial charge in [-0.05, 0) is 32.8 Å². The second-order valence-electron chi connectivity index (χ2n) is 4.13. The number of aliphatic hydroxyl groups is 1. The molecule has 0 aromatic rings. The van der Waals surface area contributed by atoms with Crippen LogP contribution in [-0.4, -0.2) is 29.9 Å². The number of nitrogens with one attached hydrogen (secondary N) is 1. The van der Waals surface area contributed by atoms with Gasteiger partial charge < -0.3 is 15.2 Å². The summed E-state index contributed by atoms with van der Waals surface area (Å²) in [5, 5.41) is 12.3. The Hall–Kier alpha value is -0.540. The monoisotopic (exact) mass is 185 g/mol. The molecule has 3 nitrogen and oxygen atoms in total. The largest absolute Gasteiger partial charge is 0.497 e. The Morgan fingerprint density at radius 1 is 1.62 bits per heavy atom. The third-order valence-corrected chi connectivity index (χ3v) is 2.23. The normalized spacial score (nSPS) is 22.8. The first-order valence-corrected chi connectivity index (χ1v) is 4.80. The van der Waals surface area contributed by atoms with Crippen molar-refractivity contribution < 1.29 is 9.84 Å². The van der Waals surface area contributed by atoms with Crippen LogP contribution in [-0.2, 0) is 4.74 Å². The lowest BCUT2D eigenvalue weighted by Gasteiger charge is -2.27. The van der Waals surface area contributed by atoms with Crippen molar-refractivity contribution in [2.24, 2.45) is 0 Å². The Bertz CT molecular complexity index is 178. The predicted molar refractivity (Wildman–Crippen MR) is 52.4 cm³/mol. The summed E-state index contributed by atoms with van der Waals surface area (Å²) in [5.41, 5.74) is -0.204. The molecule has 0 bridgehead atoms. The van der Waals surface area contributed by atoms with Gasteiger partial charge in [0, 0.05) is 12.1 Å². The van der Waals surface area contributed by atoms with Crippen molar-refractivity contribution in [1.29, 1.82) is 0 Å². The van der Waals surface area contributed by atoms with Crippen molar-refractivity contribution in [3.63, 3.8) is 0 Å². The zero-order chi connectivity index (χ0) is 9.73. The quantitative estimate of drug-likeness (QED) is 0.687. The minimum Gasteiger partial charge on any atom is -0.497 e. The van der Waals surface area contributed by atoms with E-state index >= 15 is 0 Å². The molecule has 0 aromatic carbocycles. The van der Waals surface area contributed by atoms with Crippen molar-refractivity contribution in [1.82, 2.24) is 5.32 Å². The predicted octanol–water partition coefficient (Wildman–Crippen LogP) is 1.04. The first kappa shape index (κ1) is 10.5. The minimum atomic E-state index is -0.204. The van der Waals surface area contributed by atoms with E-state index in [1.165, 1.54) is 0 Å². The topological polar surface area (TPSA) is 41.5 Å². The Morgan fingerprint density at radius 3 is 2.92 bits per heavy atom. The molecule has 1 unspecified atom stereocenters. The molecular weight excluding hydrogens is 166 g/mol.